The summed E-state index contributed by atoms with van der Waals surface area (Å²) in [5.74, 6) is 0.889. The van der Waals surface area contributed by atoms with E-state index in [1.807, 2.05) is 29.3 Å². The number of nitrogens with zero attached hydrogens (tertiary/aromatic N) is 2. The molecular formula is C19H20N2O3. The second-order valence-corrected chi connectivity index (χ2v) is 6.53. The molecule has 1 aromatic carbocycles. The molecule has 1 unspecified atom stereocenters. The summed E-state index contributed by atoms with van der Waals surface area (Å²) in [6.45, 7) is 1.43. The number of phenolic OH excluding ortho intramolecular Hbond substituents is 1. The maximum absolute atomic E-state index is 12.4. The Morgan fingerprint density at radius 3 is 2.96 bits per heavy atom. The number of rotatable bonds is 4. The lowest BCUT2D eigenvalue weighted by Crippen LogP contribution is -2.45. The number of benzene rings is 1. The van der Waals surface area contributed by atoms with E-state index in [9.17, 15) is 9.90 Å². The highest BCUT2D eigenvalue weighted by Crippen LogP contribution is 2.37. The molecule has 1 N–H and O–H groups in total. The molecule has 1 amide bonds. The van der Waals surface area contributed by atoms with Crippen LogP contribution in [0.15, 0.2) is 42.7 Å². The van der Waals surface area contributed by atoms with Crippen LogP contribution in [0, 0.1) is 5.92 Å². The van der Waals surface area contributed by atoms with Crippen LogP contribution in [-0.4, -0.2) is 40.7 Å². The van der Waals surface area contributed by atoms with Crippen molar-refractivity contribution in [3.05, 3.63) is 48.3 Å². The van der Waals surface area contributed by atoms with Crippen LogP contribution in [0.5, 0.6) is 5.75 Å². The molecule has 1 atom stereocenters. The van der Waals surface area contributed by atoms with Gasteiger partial charge in [0.2, 0.25) is 5.91 Å². The number of hydrogen-bond acceptors (Lipinski definition) is 4. The number of aromatic nitrogens is 1. The van der Waals surface area contributed by atoms with Crippen molar-refractivity contribution in [1.82, 2.24) is 9.88 Å². The van der Waals surface area contributed by atoms with Crippen LogP contribution in [-0.2, 0) is 9.53 Å². The SMILES string of the molecule is O=C1COCC(c2cnccc2-c2cccc(O)c2)N1CC1CC1. The maximum atomic E-state index is 12.4. The number of phenols is 1. The van der Waals surface area contributed by atoms with E-state index in [4.69, 9.17) is 4.74 Å². The van der Waals surface area contributed by atoms with Crippen LogP contribution in [0.1, 0.15) is 24.4 Å². The van der Waals surface area contributed by atoms with E-state index in [0.29, 0.717) is 12.5 Å². The first kappa shape index (κ1) is 15.1. The molecule has 1 aromatic heterocycles. The summed E-state index contributed by atoms with van der Waals surface area (Å²) in [5, 5.41) is 9.79. The van der Waals surface area contributed by atoms with Gasteiger partial charge in [0.15, 0.2) is 0 Å². The van der Waals surface area contributed by atoms with Gasteiger partial charge in [0.1, 0.15) is 12.4 Å². The van der Waals surface area contributed by atoms with Crippen molar-refractivity contribution in [2.24, 2.45) is 5.92 Å². The average Bonchev–Trinajstić information content (AvgIpc) is 3.41. The minimum atomic E-state index is -0.127. The second kappa shape index (κ2) is 6.24. The molecular weight excluding hydrogens is 304 g/mol. The summed E-state index contributed by atoms with van der Waals surface area (Å²) in [5.41, 5.74) is 2.86. The van der Waals surface area contributed by atoms with Crippen LogP contribution >= 0.6 is 0 Å². The molecule has 24 heavy (non-hydrogen) atoms. The number of hydrogen-bond donors (Lipinski definition) is 1. The zero-order chi connectivity index (χ0) is 16.5. The predicted molar refractivity (Wildman–Crippen MR) is 89.3 cm³/mol. The van der Waals surface area contributed by atoms with Crippen LogP contribution < -0.4 is 0 Å². The first-order chi connectivity index (χ1) is 11.7. The number of aromatic hydroxyl groups is 1. The lowest BCUT2D eigenvalue weighted by Gasteiger charge is -2.36. The summed E-state index contributed by atoms with van der Waals surface area (Å²) in [4.78, 5) is 18.6. The van der Waals surface area contributed by atoms with Crippen molar-refractivity contribution < 1.29 is 14.6 Å². The average molecular weight is 324 g/mol. The molecule has 2 aromatic rings. The maximum Gasteiger partial charge on any atom is 0.249 e. The zero-order valence-electron chi connectivity index (χ0n) is 13.4. The molecule has 5 nitrogen and oxygen atoms in total. The van der Waals surface area contributed by atoms with Crippen molar-refractivity contribution >= 4 is 5.91 Å². The largest absolute Gasteiger partial charge is 0.508 e. The van der Waals surface area contributed by atoms with E-state index in [0.717, 1.165) is 23.2 Å². The molecule has 1 saturated heterocycles. The van der Waals surface area contributed by atoms with E-state index in [2.05, 4.69) is 4.98 Å². The Labute approximate surface area is 140 Å². The molecule has 0 radical (unpaired) electrons. The molecule has 2 aliphatic rings. The van der Waals surface area contributed by atoms with Gasteiger partial charge in [0.05, 0.1) is 12.6 Å². The fourth-order valence-electron chi connectivity index (χ4n) is 3.28. The van der Waals surface area contributed by atoms with E-state index in [-0.39, 0.29) is 24.3 Å². The second-order valence-electron chi connectivity index (χ2n) is 6.53. The fourth-order valence-corrected chi connectivity index (χ4v) is 3.28. The summed E-state index contributed by atoms with van der Waals surface area (Å²) >= 11 is 0. The number of pyridine rings is 1. The Balaban J connectivity index is 1.73. The standard InChI is InChI=1S/C19H20N2O3/c22-15-3-1-2-14(8-15)16-6-7-20-9-17(16)18-11-24-12-19(23)21(18)10-13-4-5-13/h1-3,6-9,13,18,22H,4-5,10-12H2. The highest BCUT2D eigenvalue weighted by atomic mass is 16.5. The molecule has 0 spiro atoms. The van der Waals surface area contributed by atoms with Crippen LogP contribution in [0.25, 0.3) is 11.1 Å². The van der Waals surface area contributed by atoms with Gasteiger partial charge in [0, 0.05) is 24.5 Å². The van der Waals surface area contributed by atoms with Gasteiger partial charge < -0.3 is 14.7 Å². The summed E-state index contributed by atoms with van der Waals surface area (Å²) < 4.78 is 5.53. The molecule has 0 bridgehead atoms. The first-order valence-electron chi connectivity index (χ1n) is 8.33. The Morgan fingerprint density at radius 2 is 2.17 bits per heavy atom. The van der Waals surface area contributed by atoms with Gasteiger partial charge in [-0.3, -0.25) is 9.78 Å². The summed E-state index contributed by atoms with van der Waals surface area (Å²) in [6, 6.07) is 8.96. The Hall–Kier alpha value is -2.40. The quantitative estimate of drug-likeness (QED) is 0.939. The van der Waals surface area contributed by atoms with Crippen molar-refractivity contribution in [2.45, 2.75) is 18.9 Å². The highest BCUT2D eigenvalue weighted by Gasteiger charge is 2.35. The Kier molecular flexibility index (Phi) is 3.94. The normalized spacial score (nSPS) is 21.1. The third kappa shape index (κ3) is 2.99. The molecule has 1 aliphatic heterocycles. The van der Waals surface area contributed by atoms with Gasteiger partial charge >= 0.3 is 0 Å². The van der Waals surface area contributed by atoms with Crippen molar-refractivity contribution in [1.29, 1.82) is 0 Å². The Bertz CT molecular complexity index is 758. The zero-order valence-corrected chi connectivity index (χ0v) is 13.4. The molecule has 2 heterocycles. The van der Waals surface area contributed by atoms with E-state index < -0.39 is 0 Å². The van der Waals surface area contributed by atoms with Crippen LogP contribution in [0.2, 0.25) is 0 Å². The van der Waals surface area contributed by atoms with Gasteiger partial charge in [-0.2, -0.15) is 0 Å². The lowest BCUT2D eigenvalue weighted by atomic mass is 9.95. The van der Waals surface area contributed by atoms with E-state index in [1.54, 1.807) is 18.3 Å². The predicted octanol–water partition coefficient (Wildman–Crippen LogP) is 2.76. The number of ether oxygens (including phenoxy) is 1. The molecule has 2 fully saturated rings. The Morgan fingerprint density at radius 1 is 1.29 bits per heavy atom. The summed E-state index contributed by atoms with van der Waals surface area (Å²) in [7, 11) is 0. The highest BCUT2D eigenvalue weighted by molar-refractivity contribution is 5.79. The van der Waals surface area contributed by atoms with Gasteiger partial charge in [-0.25, -0.2) is 0 Å². The van der Waals surface area contributed by atoms with Gasteiger partial charge in [-0.15, -0.1) is 0 Å². The van der Waals surface area contributed by atoms with Crippen LogP contribution in [0.3, 0.4) is 0 Å². The number of morpholine rings is 1. The van der Waals surface area contributed by atoms with Crippen molar-refractivity contribution in [2.75, 3.05) is 19.8 Å². The molecule has 1 aliphatic carbocycles. The molecule has 1 saturated carbocycles. The minimum Gasteiger partial charge on any atom is -0.508 e. The molecule has 124 valence electrons. The molecule has 5 heteroatoms. The van der Waals surface area contributed by atoms with Crippen LogP contribution in [0.4, 0.5) is 0 Å². The van der Waals surface area contributed by atoms with Crippen molar-refractivity contribution in [3.63, 3.8) is 0 Å². The monoisotopic (exact) mass is 324 g/mol. The number of amides is 1. The number of carbonyl (C=O) groups is 1. The fraction of sp³-hybridized carbons (Fsp3) is 0.368. The van der Waals surface area contributed by atoms with Crippen molar-refractivity contribution in [3.8, 4) is 16.9 Å². The van der Waals surface area contributed by atoms with E-state index >= 15 is 0 Å². The lowest BCUT2D eigenvalue weighted by molar-refractivity contribution is -0.148. The smallest absolute Gasteiger partial charge is 0.249 e. The van der Waals surface area contributed by atoms with Gasteiger partial charge in [-0.1, -0.05) is 12.1 Å². The molecule has 4 rings (SSSR count). The van der Waals surface area contributed by atoms with Gasteiger partial charge in [0.25, 0.3) is 0 Å². The number of carbonyl (C=O) groups excluding carboxylic acids is 1. The third-order valence-corrected chi connectivity index (χ3v) is 4.72. The topological polar surface area (TPSA) is 62.7 Å². The van der Waals surface area contributed by atoms with E-state index in [1.165, 1.54) is 12.8 Å². The first-order valence-corrected chi connectivity index (χ1v) is 8.33. The van der Waals surface area contributed by atoms with Gasteiger partial charge in [-0.05, 0) is 48.1 Å². The third-order valence-electron chi connectivity index (χ3n) is 4.72. The summed E-state index contributed by atoms with van der Waals surface area (Å²) in [6.07, 6.45) is 5.94. The minimum absolute atomic E-state index is 0.0452.